The average Bonchev–Trinajstić information content (AvgIpc) is 2.46. The van der Waals surface area contributed by atoms with Crippen molar-refractivity contribution in [1.29, 1.82) is 0 Å². The molecule has 0 aliphatic carbocycles. The molecule has 0 aliphatic heterocycles. The molecule has 21 heavy (non-hydrogen) atoms. The van der Waals surface area contributed by atoms with Crippen LogP contribution in [0.15, 0.2) is 30.0 Å². The number of phosphoric ester groups is 1. The highest BCUT2D eigenvalue weighted by Gasteiger charge is 2.25. The van der Waals surface area contributed by atoms with Crippen molar-refractivity contribution >= 4 is 42.0 Å². The zero-order valence-electron chi connectivity index (χ0n) is 11.8. The van der Waals surface area contributed by atoms with Gasteiger partial charge in [-0.3, -0.25) is 13.6 Å². The van der Waals surface area contributed by atoms with Gasteiger partial charge in [-0.1, -0.05) is 0 Å². The summed E-state index contributed by atoms with van der Waals surface area (Å²) in [6.45, 7) is 3.47. The number of anilines is 1. The van der Waals surface area contributed by atoms with Gasteiger partial charge in [0.25, 0.3) is 0 Å². The van der Waals surface area contributed by atoms with Crippen LogP contribution in [0.4, 0.5) is 5.69 Å². The van der Waals surface area contributed by atoms with Crippen molar-refractivity contribution in [3.8, 4) is 0 Å². The minimum atomic E-state index is -3.64. The zero-order chi connectivity index (χ0) is 15.7. The highest BCUT2D eigenvalue weighted by molar-refractivity contribution is 14.1. The smallest absolute Gasteiger partial charge is 0.348 e. The summed E-state index contributed by atoms with van der Waals surface area (Å²) in [5, 5.41) is 2.85. The number of rotatable bonds is 9. The minimum absolute atomic E-state index is 0.107. The van der Waals surface area contributed by atoms with Gasteiger partial charge in [-0.25, -0.2) is 9.36 Å². The SMILES string of the molecule is CCOP(=O)(OCC)OCC(=C=O)Nc1ccc(I)cc1. The molecule has 1 rings (SSSR count). The third-order valence-corrected chi connectivity index (χ3v) is 4.52. The van der Waals surface area contributed by atoms with Gasteiger partial charge in [0.2, 0.25) is 0 Å². The van der Waals surface area contributed by atoms with E-state index in [1.54, 1.807) is 19.8 Å². The summed E-state index contributed by atoms with van der Waals surface area (Å²) in [5.41, 5.74) is 0.816. The van der Waals surface area contributed by atoms with E-state index in [-0.39, 0.29) is 25.5 Å². The second-order valence-corrected chi connectivity index (χ2v) is 6.68. The third kappa shape index (κ3) is 6.74. The normalized spacial score (nSPS) is 11.0. The lowest BCUT2D eigenvalue weighted by Gasteiger charge is -2.16. The molecule has 0 aliphatic rings. The Morgan fingerprint density at radius 1 is 1.19 bits per heavy atom. The first-order chi connectivity index (χ1) is 10.0. The number of carbonyl (C=O) groups excluding carboxylic acids is 1. The Morgan fingerprint density at radius 3 is 2.24 bits per heavy atom. The maximum absolute atomic E-state index is 12.1. The summed E-state index contributed by atoms with van der Waals surface area (Å²) in [7, 11) is -3.64. The molecule has 1 aromatic carbocycles. The Labute approximate surface area is 137 Å². The predicted molar refractivity (Wildman–Crippen MR) is 88.8 cm³/mol. The van der Waals surface area contributed by atoms with Crippen LogP contribution >= 0.6 is 30.4 Å². The lowest BCUT2D eigenvalue weighted by Crippen LogP contribution is -2.09. The van der Waals surface area contributed by atoms with E-state index in [2.05, 4.69) is 27.9 Å². The standard InChI is InChI=1S/C13H17INO5P/c1-3-18-21(17,19-4-2)20-10-13(9-16)15-12-7-5-11(14)6-8-12/h5-8,15H,3-4,10H2,1-2H3. The van der Waals surface area contributed by atoms with Gasteiger partial charge in [0, 0.05) is 9.26 Å². The van der Waals surface area contributed by atoms with E-state index in [9.17, 15) is 9.36 Å². The van der Waals surface area contributed by atoms with Crippen molar-refractivity contribution in [2.24, 2.45) is 0 Å². The van der Waals surface area contributed by atoms with Crippen molar-refractivity contribution < 1.29 is 22.9 Å². The van der Waals surface area contributed by atoms with Crippen molar-refractivity contribution in [1.82, 2.24) is 0 Å². The second-order valence-electron chi connectivity index (χ2n) is 3.77. The monoisotopic (exact) mass is 425 g/mol. The predicted octanol–water partition coefficient (Wildman–Crippen LogP) is 3.62. The molecule has 0 unspecified atom stereocenters. The van der Waals surface area contributed by atoms with E-state index in [1.807, 2.05) is 24.3 Å². The van der Waals surface area contributed by atoms with Crippen molar-refractivity contribution in [2.75, 3.05) is 25.1 Å². The first-order valence-electron chi connectivity index (χ1n) is 6.33. The molecule has 1 N–H and O–H groups in total. The highest BCUT2D eigenvalue weighted by Crippen LogP contribution is 2.49. The van der Waals surface area contributed by atoms with E-state index in [0.29, 0.717) is 5.69 Å². The number of nitrogens with one attached hydrogen (secondary N) is 1. The van der Waals surface area contributed by atoms with E-state index in [0.717, 1.165) is 3.57 Å². The molecule has 0 fully saturated rings. The minimum Gasteiger partial charge on any atom is -0.348 e. The van der Waals surface area contributed by atoms with Crippen LogP contribution in [0.25, 0.3) is 0 Å². The maximum atomic E-state index is 12.1. The Bertz CT molecular complexity index is 532. The molecule has 0 aromatic heterocycles. The fourth-order valence-corrected chi connectivity index (χ4v) is 2.87. The Hall–Kier alpha value is -0.690. The maximum Gasteiger partial charge on any atom is 0.475 e. The Morgan fingerprint density at radius 2 is 1.76 bits per heavy atom. The molecular weight excluding hydrogens is 408 g/mol. The van der Waals surface area contributed by atoms with Gasteiger partial charge in [-0.15, -0.1) is 0 Å². The molecule has 8 heteroatoms. The third-order valence-electron chi connectivity index (χ3n) is 2.20. The number of hydrogen-bond acceptors (Lipinski definition) is 6. The fourth-order valence-electron chi connectivity index (χ4n) is 1.37. The molecule has 0 bridgehead atoms. The molecule has 0 spiro atoms. The van der Waals surface area contributed by atoms with Crippen LogP contribution in [-0.4, -0.2) is 25.8 Å². The average molecular weight is 425 g/mol. The van der Waals surface area contributed by atoms with Gasteiger partial charge >= 0.3 is 7.82 Å². The zero-order valence-corrected chi connectivity index (χ0v) is 14.8. The first-order valence-corrected chi connectivity index (χ1v) is 8.87. The lowest BCUT2D eigenvalue weighted by molar-refractivity contribution is 0.129. The summed E-state index contributed by atoms with van der Waals surface area (Å²) in [6, 6.07) is 7.39. The van der Waals surface area contributed by atoms with Crippen LogP contribution in [0, 0.1) is 3.57 Å². The summed E-state index contributed by atoms with van der Waals surface area (Å²) >= 11 is 2.18. The lowest BCUT2D eigenvalue weighted by atomic mass is 10.3. The van der Waals surface area contributed by atoms with E-state index >= 15 is 0 Å². The topological polar surface area (TPSA) is 73.9 Å². The van der Waals surface area contributed by atoms with Crippen LogP contribution in [0.5, 0.6) is 0 Å². The quantitative estimate of drug-likeness (QED) is 0.370. The number of halogens is 1. The van der Waals surface area contributed by atoms with E-state index in [4.69, 9.17) is 13.6 Å². The molecule has 0 atom stereocenters. The van der Waals surface area contributed by atoms with Crippen LogP contribution in [0.1, 0.15) is 13.8 Å². The van der Waals surface area contributed by atoms with Crippen molar-refractivity contribution in [3.63, 3.8) is 0 Å². The summed E-state index contributed by atoms with van der Waals surface area (Å²) in [4.78, 5) is 10.9. The molecule has 0 heterocycles. The van der Waals surface area contributed by atoms with Crippen molar-refractivity contribution in [3.05, 3.63) is 33.5 Å². The summed E-state index contributed by atoms with van der Waals surface area (Å²) in [5.74, 6) is 1.72. The second kappa shape index (κ2) is 9.35. The van der Waals surface area contributed by atoms with E-state index < -0.39 is 7.82 Å². The molecular formula is C13H17INO5P. The van der Waals surface area contributed by atoms with Crippen LogP contribution < -0.4 is 5.32 Å². The highest BCUT2D eigenvalue weighted by atomic mass is 127. The molecule has 0 radical (unpaired) electrons. The van der Waals surface area contributed by atoms with Gasteiger partial charge in [0.05, 0.1) is 13.2 Å². The Balaban J connectivity index is 2.64. The van der Waals surface area contributed by atoms with Crippen molar-refractivity contribution in [2.45, 2.75) is 13.8 Å². The first kappa shape index (κ1) is 18.4. The largest absolute Gasteiger partial charge is 0.475 e. The van der Waals surface area contributed by atoms with Gasteiger partial charge in [0.15, 0.2) is 0 Å². The molecule has 116 valence electrons. The van der Waals surface area contributed by atoms with E-state index in [1.165, 1.54) is 0 Å². The fraction of sp³-hybridized carbons (Fsp3) is 0.385. The number of benzene rings is 1. The molecule has 1 aromatic rings. The summed E-state index contributed by atoms with van der Waals surface area (Å²) in [6.07, 6.45) is 0. The summed E-state index contributed by atoms with van der Waals surface area (Å²) < 4.78 is 28.2. The van der Waals surface area contributed by atoms with Gasteiger partial charge < -0.3 is 5.32 Å². The molecule has 0 amide bonds. The van der Waals surface area contributed by atoms with Gasteiger partial charge in [0.1, 0.15) is 18.2 Å². The van der Waals surface area contributed by atoms with Crippen LogP contribution in [0.3, 0.4) is 0 Å². The van der Waals surface area contributed by atoms with Gasteiger partial charge in [-0.05, 0) is 60.7 Å². The van der Waals surface area contributed by atoms with Crippen LogP contribution in [0.2, 0.25) is 0 Å². The molecule has 0 saturated heterocycles. The van der Waals surface area contributed by atoms with Gasteiger partial charge in [-0.2, -0.15) is 0 Å². The Kier molecular flexibility index (Phi) is 8.18. The molecule has 0 saturated carbocycles. The molecule has 6 nitrogen and oxygen atoms in total. The number of hydrogen-bond donors (Lipinski definition) is 1. The van der Waals surface area contributed by atoms with Crippen LogP contribution in [-0.2, 0) is 22.9 Å². The number of phosphoric acid groups is 1.